The minimum atomic E-state index is -4.54. The first-order chi connectivity index (χ1) is 9.84. The van der Waals surface area contributed by atoms with Crippen LogP contribution in [0.25, 0.3) is 0 Å². The molecule has 0 radical (unpaired) electrons. The summed E-state index contributed by atoms with van der Waals surface area (Å²) in [5, 5.41) is 21.9. The lowest BCUT2D eigenvalue weighted by Gasteiger charge is -2.36. The summed E-state index contributed by atoms with van der Waals surface area (Å²) in [7, 11) is 0. The van der Waals surface area contributed by atoms with Crippen molar-refractivity contribution in [1.82, 2.24) is 10.2 Å². The predicted octanol–water partition coefficient (Wildman–Crippen LogP) is 2.53. The quantitative estimate of drug-likeness (QED) is 0.847. The lowest BCUT2D eigenvalue weighted by atomic mass is 10.0. The van der Waals surface area contributed by atoms with Crippen LogP contribution in [0.4, 0.5) is 13.2 Å². The van der Waals surface area contributed by atoms with Gasteiger partial charge in [-0.15, -0.1) is 0 Å². The molecule has 1 aliphatic rings. The zero-order chi connectivity index (χ0) is 15.6. The molecular weight excluding hydrogens is 351 g/mol. The monoisotopic (exact) mass is 363 g/mol. The van der Waals surface area contributed by atoms with Gasteiger partial charge in [0.25, 0.3) is 0 Å². The maximum Gasteiger partial charge on any atom is 0.408 e. The van der Waals surface area contributed by atoms with Crippen molar-refractivity contribution in [2.75, 3.05) is 26.2 Å². The van der Waals surface area contributed by atoms with E-state index in [0.29, 0.717) is 13.1 Å². The van der Waals surface area contributed by atoms with Gasteiger partial charge in [-0.05, 0) is 28.1 Å². The highest BCUT2D eigenvalue weighted by Crippen LogP contribution is 2.44. The first kappa shape index (κ1) is 16.1. The Morgan fingerprint density at radius 1 is 1.33 bits per heavy atom. The zero-order valence-corrected chi connectivity index (χ0v) is 12.5. The van der Waals surface area contributed by atoms with Crippen LogP contribution in [0, 0.1) is 11.3 Å². The molecule has 2 N–H and O–H groups in total. The molecule has 0 aliphatic carbocycles. The van der Waals surface area contributed by atoms with Gasteiger partial charge in [0.2, 0.25) is 0 Å². The second kappa shape index (κ2) is 6.22. The smallest absolute Gasteiger partial charge is 0.408 e. The number of aromatic hydroxyl groups is 1. The Bertz CT molecular complexity index is 565. The Balaban J connectivity index is 2.51. The van der Waals surface area contributed by atoms with E-state index in [1.807, 2.05) is 0 Å². The first-order valence-electron chi connectivity index (χ1n) is 6.28. The molecule has 1 heterocycles. The van der Waals surface area contributed by atoms with Gasteiger partial charge in [-0.1, -0.05) is 0 Å². The summed E-state index contributed by atoms with van der Waals surface area (Å²) >= 11 is 3.00. The number of hydrogen-bond acceptors (Lipinski definition) is 4. The Morgan fingerprint density at radius 2 is 1.95 bits per heavy atom. The van der Waals surface area contributed by atoms with Crippen molar-refractivity contribution in [1.29, 1.82) is 5.26 Å². The van der Waals surface area contributed by atoms with Crippen molar-refractivity contribution in [3.63, 3.8) is 0 Å². The molecular formula is C13H13BrF3N3O. The van der Waals surface area contributed by atoms with E-state index < -0.39 is 18.0 Å². The number of hydrogen-bond donors (Lipinski definition) is 2. The topological polar surface area (TPSA) is 59.3 Å². The van der Waals surface area contributed by atoms with Crippen molar-refractivity contribution in [3.8, 4) is 11.8 Å². The summed E-state index contributed by atoms with van der Waals surface area (Å²) < 4.78 is 40.5. The third-order valence-electron chi connectivity index (χ3n) is 3.34. The van der Waals surface area contributed by atoms with Crippen molar-refractivity contribution in [2.24, 2.45) is 0 Å². The van der Waals surface area contributed by atoms with Crippen LogP contribution in [-0.4, -0.2) is 42.4 Å². The lowest BCUT2D eigenvalue weighted by Crippen LogP contribution is -2.49. The molecule has 1 aliphatic heterocycles. The molecule has 2 rings (SSSR count). The van der Waals surface area contributed by atoms with Crippen LogP contribution in [0.5, 0.6) is 5.75 Å². The van der Waals surface area contributed by atoms with Gasteiger partial charge in [0.05, 0.1) is 16.1 Å². The Kier molecular flexibility index (Phi) is 4.76. The highest BCUT2D eigenvalue weighted by Gasteiger charge is 2.46. The van der Waals surface area contributed by atoms with Crippen LogP contribution in [0.3, 0.4) is 0 Å². The normalized spacial score (nSPS) is 18.2. The molecule has 1 aromatic carbocycles. The maximum atomic E-state index is 13.5. The number of piperazine rings is 1. The molecule has 0 unspecified atom stereocenters. The molecule has 0 spiro atoms. The number of alkyl halides is 3. The van der Waals surface area contributed by atoms with E-state index in [-0.39, 0.29) is 28.7 Å². The number of nitrogens with one attached hydrogen (secondary N) is 1. The average Bonchev–Trinajstić information content (AvgIpc) is 2.43. The average molecular weight is 364 g/mol. The molecule has 8 heteroatoms. The summed E-state index contributed by atoms with van der Waals surface area (Å²) in [5.41, 5.74) is -0.227. The minimum absolute atomic E-state index is 0.0686. The first-order valence-corrected chi connectivity index (χ1v) is 7.08. The van der Waals surface area contributed by atoms with E-state index in [1.54, 1.807) is 6.07 Å². The van der Waals surface area contributed by atoms with Gasteiger partial charge in [-0.25, -0.2) is 0 Å². The number of phenolic OH excluding ortho intramolecular Hbond substituents is 1. The van der Waals surface area contributed by atoms with Crippen molar-refractivity contribution < 1.29 is 18.3 Å². The lowest BCUT2D eigenvalue weighted by molar-refractivity contribution is -0.188. The predicted molar refractivity (Wildman–Crippen MR) is 73.8 cm³/mol. The molecule has 0 aromatic heterocycles. The van der Waals surface area contributed by atoms with Gasteiger partial charge in [-0.2, -0.15) is 18.4 Å². The van der Waals surface area contributed by atoms with Crippen molar-refractivity contribution in [3.05, 3.63) is 27.7 Å². The van der Waals surface area contributed by atoms with Gasteiger partial charge in [0, 0.05) is 31.7 Å². The molecule has 1 aromatic rings. The van der Waals surface area contributed by atoms with Gasteiger partial charge in [-0.3, -0.25) is 4.90 Å². The molecule has 0 saturated carbocycles. The third kappa shape index (κ3) is 3.48. The van der Waals surface area contributed by atoms with E-state index in [4.69, 9.17) is 5.26 Å². The molecule has 21 heavy (non-hydrogen) atoms. The van der Waals surface area contributed by atoms with Crippen LogP contribution in [-0.2, 0) is 0 Å². The third-order valence-corrected chi connectivity index (χ3v) is 3.95. The summed E-state index contributed by atoms with van der Waals surface area (Å²) in [6.45, 7) is 1.34. The highest BCUT2D eigenvalue weighted by molar-refractivity contribution is 9.10. The maximum absolute atomic E-state index is 13.5. The highest BCUT2D eigenvalue weighted by atomic mass is 79.9. The van der Waals surface area contributed by atoms with Crippen LogP contribution in [0.15, 0.2) is 16.6 Å². The number of nitrogens with zero attached hydrogens (tertiary/aromatic N) is 2. The second-order valence-corrected chi connectivity index (χ2v) is 5.59. The number of benzene rings is 1. The second-order valence-electron chi connectivity index (χ2n) is 4.74. The fourth-order valence-corrected chi connectivity index (χ4v) is 2.89. The molecule has 0 bridgehead atoms. The van der Waals surface area contributed by atoms with E-state index in [1.165, 1.54) is 11.0 Å². The zero-order valence-electron chi connectivity index (χ0n) is 10.9. The van der Waals surface area contributed by atoms with Gasteiger partial charge >= 0.3 is 6.18 Å². The Labute approximate surface area is 128 Å². The van der Waals surface area contributed by atoms with Crippen LogP contribution in [0.2, 0.25) is 0 Å². The molecule has 0 amide bonds. The molecule has 1 fully saturated rings. The van der Waals surface area contributed by atoms with E-state index in [0.717, 1.165) is 6.07 Å². The SMILES string of the molecule is N#Cc1cc(Br)c(O)c([C@@H](N2CCNCC2)C(F)(F)F)c1. The number of phenols is 1. The van der Waals surface area contributed by atoms with Crippen LogP contribution >= 0.6 is 15.9 Å². The van der Waals surface area contributed by atoms with Crippen LogP contribution in [0.1, 0.15) is 17.2 Å². The van der Waals surface area contributed by atoms with Crippen LogP contribution < -0.4 is 5.32 Å². The fraction of sp³-hybridized carbons (Fsp3) is 0.462. The van der Waals surface area contributed by atoms with Gasteiger partial charge in [0.15, 0.2) is 0 Å². The van der Waals surface area contributed by atoms with Gasteiger partial charge in [0.1, 0.15) is 11.8 Å². The molecule has 4 nitrogen and oxygen atoms in total. The number of nitriles is 1. The van der Waals surface area contributed by atoms with E-state index in [9.17, 15) is 18.3 Å². The standard InChI is InChI=1S/C13H13BrF3N3O/c14-10-6-8(7-18)5-9(11(10)21)12(13(15,16)17)20-3-1-19-2-4-20/h5-6,12,19,21H,1-4H2/t12-/m1/s1. The number of rotatable bonds is 2. The van der Waals surface area contributed by atoms with Crippen molar-refractivity contribution in [2.45, 2.75) is 12.2 Å². The summed E-state index contributed by atoms with van der Waals surface area (Å²) in [4.78, 5) is 1.26. The summed E-state index contributed by atoms with van der Waals surface area (Å²) in [6.07, 6.45) is -4.54. The van der Waals surface area contributed by atoms with E-state index in [2.05, 4.69) is 21.2 Å². The summed E-state index contributed by atoms with van der Waals surface area (Å²) in [5.74, 6) is -0.477. The van der Waals surface area contributed by atoms with E-state index >= 15 is 0 Å². The molecule has 1 atom stereocenters. The minimum Gasteiger partial charge on any atom is -0.506 e. The Hall–Kier alpha value is -1.30. The molecule has 1 saturated heterocycles. The summed E-state index contributed by atoms with van der Waals surface area (Å²) in [6, 6.07) is 2.27. The number of halogens is 4. The fourth-order valence-electron chi connectivity index (χ4n) is 2.41. The molecule has 114 valence electrons. The van der Waals surface area contributed by atoms with Gasteiger partial charge < -0.3 is 10.4 Å². The Morgan fingerprint density at radius 3 is 2.48 bits per heavy atom. The van der Waals surface area contributed by atoms with Crippen molar-refractivity contribution >= 4 is 15.9 Å². The largest absolute Gasteiger partial charge is 0.506 e.